The van der Waals surface area contributed by atoms with Gasteiger partial charge in [-0.1, -0.05) is 43.2 Å². The average molecular weight is 233 g/mol. The molecule has 17 heavy (non-hydrogen) atoms. The van der Waals surface area contributed by atoms with Crippen molar-refractivity contribution in [1.82, 2.24) is 5.32 Å². The Balaban J connectivity index is 2.09. The summed E-state index contributed by atoms with van der Waals surface area (Å²) < 4.78 is 0. The number of aliphatic hydroxyl groups is 1. The van der Waals surface area contributed by atoms with Crippen molar-refractivity contribution >= 4 is 5.91 Å². The summed E-state index contributed by atoms with van der Waals surface area (Å²) in [4.78, 5) is 11.4. The Morgan fingerprint density at radius 1 is 1.24 bits per heavy atom. The van der Waals surface area contributed by atoms with Gasteiger partial charge in [0.25, 0.3) is 0 Å². The Morgan fingerprint density at radius 2 is 1.88 bits per heavy atom. The van der Waals surface area contributed by atoms with E-state index in [1.165, 1.54) is 5.56 Å². The number of hydrogen-bond donors (Lipinski definition) is 2. The van der Waals surface area contributed by atoms with Crippen LogP contribution in [-0.4, -0.2) is 23.2 Å². The Kier molecular flexibility index (Phi) is 3.79. The lowest BCUT2D eigenvalue weighted by Gasteiger charge is -2.30. The number of carbonyl (C=O) groups is 1. The van der Waals surface area contributed by atoms with Gasteiger partial charge in [-0.05, 0) is 24.8 Å². The highest BCUT2D eigenvalue weighted by Gasteiger charge is 2.35. The van der Waals surface area contributed by atoms with Crippen LogP contribution in [0.25, 0.3) is 0 Å². The molecule has 1 aliphatic rings. The monoisotopic (exact) mass is 233 g/mol. The fraction of sp³-hybridized carbons (Fsp3) is 0.500. The first-order chi connectivity index (χ1) is 8.24. The van der Waals surface area contributed by atoms with Crippen LogP contribution in [0.1, 0.15) is 31.2 Å². The van der Waals surface area contributed by atoms with E-state index in [4.69, 9.17) is 5.11 Å². The van der Waals surface area contributed by atoms with E-state index < -0.39 is 6.61 Å². The predicted molar refractivity (Wildman–Crippen MR) is 66.6 cm³/mol. The molecule has 1 aliphatic carbocycles. The van der Waals surface area contributed by atoms with E-state index >= 15 is 0 Å². The molecule has 0 radical (unpaired) electrons. The van der Waals surface area contributed by atoms with Gasteiger partial charge in [-0.15, -0.1) is 0 Å². The van der Waals surface area contributed by atoms with Crippen LogP contribution >= 0.6 is 0 Å². The molecule has 0 spiro atoms. The largest absolute Gasteiger partial charge is 0.387 e. The van der Waals surface area contributed by atoms with E-state index in [0.29, 0.717) is 0 Å². The molecule has 0 aromatic heterocycles. The highest BCUT2D eigenvalue weighted by molar-refractivity contribution is 5.77. The molecule has 0 bridgehead atoms. The zero-order valence-electron chi connectivity index (χ0n) is 9.98. The molecule has 3 heteroatoms. The Labute approximate surface area is 102 Å². The number of rotatable bonds is 4. The third-order valence-electron chi connectivity index (χ3n) is 3.49. The second-order valence-electron chi connectivity index (χ2n) is 4.86. The topological polar surface area (TPSA) is 49.3 Å². The second-order valence-corrected chi connectivity index (χ2v) is 4.86. The molecular weight excluding hydrogens is 214 g/mol. The predicted octanol–water partition coefficient (Wildman–Crippen LogP) is 1.65. The summed E-state index contributed by atoms with van der Waals surface area (Å²) in [5.74, 6) is -0.261. The normalized spacial score (nSPS) is 17.9. The lowest BCUT2D eigenvalue weighted by atomic mass is 9.89. The number of benzene rings is 1. The molecule has 0 atom stereocenters. The summed E-state index contributed by atoms with van der Waals surface area (Å²) in [5.41, 5.74) is 1.11. The minimum absolute atomic E-state index is 0.138. The molecule has 1 aromatic carbocycles. The number of carbonyl (C=O) groups excluding carboxylic acids is 1. The van der Waals surface area contributed by atoms with Crippen LogP contribution < -0.4 is 5.32 Å². The highest BCUT2D eigenvalue weighted by atomic mass is 16.3. The molecule has 1 aromatic rings. The van der Waals surface area contributed by atoms with Crippen molar-refractivity contribution in [2.75, 3.05) is 6.61 Å². The molecule has 1 fully saturated rings. The Morgan fingerprint density at radius 3 is 2.47 bits per heavy atom. The molecule has 3 nitrogen and oxygen atoms in total. The zero-order valence-corrected chi connectivity index (χ0v) is 9.98. The van der Waals surface area contributed by atoms with Crippen LogP contribution in [0.5, 0.6) is 0 Å². The van der Waals surface area contributed by atoms with E-state index in [1.807, 2.05) is 18.2 Å². The summed E-state index contributed by atoms with van der Waals surface area (Å²) in [6.07, 6.45) is 5.18. The molecule has 0 heterocycles. The third kappa shape index (κ3) is 3.07. The van der Waals surface area contributed by atoms with Crippen LogP contribution in [0, 0.1) is 0 Å². The summed E-state index contributed by atoms with van der Waals surface area (Å²) in [6, 6.07) is 10.2. The van der Waals surface area contributed by atoms with Gasteiger partial charge < -0.3 is 10.4 Å². The molecule has 92 valence electrons. The van der Waals surface area contributed by atoms with E-state index in [1.54, 1.807) is 0 Å². The molecule has 1 saturated carbocycles. The van der Waals surface area contributed by atoms with Crippen molar-refractivity contribution in [2.24, 2.45) is 0 Å². The fourth-order valence-electron chi connectivity index (χ4n) is 2.72. The van der Waals surface area contributed by atoms with E-state index in [9.17, 15) is 4.79 Å². The van der Waals surface area contributed by atoms with Gasteiger partial charge in [0.15, 0.2) is 0 Å². The maximum atomic E-state index is 11.4. The van der Waals surface area contributed by atoms with Crippen LogP contribution in [-0.2, 0) is 11.2 Å². The number of amides is 1. The van der Waals surface area contributed by atoms with Crippen molar-refractivity contribution in [1.29, 1.82) is 0 Å². The van der Waals surface area contributed by atoms with Crippen LogP contribution in [0.2, 0.25) is 0 Å². The maximum Gasteiger partial charge on any atom is 0.246 e. The van der Waals surface area contributed by atoms with Gasteiger partial charge in [0, 0.05) is 5.54 Å². The van der Waals surface area contributed by atoms with Crippen molar-refractivity contribution in [3.63, 3.8) is 0 Å². The molecule has 2 N–H and O–H groups in total. The van der Waals surface area contributed by atoms with Gasteiger partial charge in [0.1, 0.15) is 6.61 Å². The van der Waals surface area contributed by atoms with Crippen molar-refractivity contribution in [3.05, 3.63) is 35.9 Å². The van der Waals surface area contributed by atoms with Gasteiger partial charge in [-0.3, -0.25) is 4.79 Å². The minimum atomic E-state index is -0.420. The first-order valence-corrected chi connectivity index (χ1v) is 6.20. The van der Waals surface area contributed by atoms with Crippen LogP contribution in [0.3, 0.4) is 0 Å². The van der Waals surface area contributed by atoms with Crippen molar-refractivity contribution < 1.29 is 9.90 Å². The van der Waals surface area contributed by atoms with E-state index in [-0.39, 0.29) is 11.4 Å². The quantitative estimate of drug-likeness (QED) is 0.830. The first-order valence-electron chi connectivity index (χ1n) is 6.20. The lowest BCUT2D eigenvalue weighted by Crippen LogP contribution is -2.49. The van der Waals surface area contributed by atoms with Crippen molar-refractivity contribution in [3.8, 4) is 0 Å². The van der Waals surface area contributed by atoms with Gasteiger partial charge in [0.2, 0.25) is 5.91 Å². The SMILES string of the molecule is O=C(CO)NC1(Cc2ccccc2)CCCC1. The Hall–Kier alpha value is -1.35. The fourth-order valence-corrected chi connectivity index (χ4v) is 2.72. The molecular formula is C14H19NO2. The highest BCUT2D eigenvalue weighted by Crippen LogP contribution is 2.32. The first kappa shape index (κ1) is 12.1. The number of nitrogens with one attached hydrogen (secondary N) is 1. The average Bonchev–Trinajstić information content (AvgIpc) is 2.78. The van der Waals surface area contributed by atoms with E-state index in [0.717, 1.165) is 32.1 Å². The molecule has 2 rings (SSSR count). The van der Waals surface area contributed by atoms with Gasteiger partial charge >= 0.3 is 0 Å². The summed E-state index contributed by atoms with van der Waals surface area (Å²) >= 11 is 0. The van der Waals surface area contributed by atoms with Crippen LogP contribution in [0.4, 0.5) is 0 Å². The van der Waals surface area contributed by atoms with Crippen molar-refractivity contribution in [2.45, 2.75) is 37.6 Å². The van der Waals surface area contributed by atoms with Gasteiger partial charge in [0.05, 0.1) is 0 Å². The van der Waals surface area contributed by atoms with Gasteiger partial charge in [-0.2, -0.15) is 0 Å². The number of aliphatic hydroxyl groups excluding tert-OH is 1. The second kappa shape index (κ2) is 5.32. The number of hydrogen-bond acceptors (Lipinski definition) is 2. The van der Waals surface area contributed by atoms with E-state index in [2.05, 4.69) is 17.4 Å². The molecule has 0 aliphatic heterocycles. The molecule has 1 amide bonds. The summed E-state index contributed by atoms with van der Waals surface area (Å²) in [7, 11) is 0. The van der Waals surface area contributed by atoms with Crippen LogP contribution in [0.15, 0.2) is 30.3 Å². The maximum absolute atomic E-state index is 11.4. The standard InChI is InChI=1S/C14H19NO2/c16-11-13(17)15-14(8-4-5-9-14)10-12-6-2-1-3-7-12/h1-3,6-7,16H,4-5,8-11H2,(H,15,17). The lowest BCUT2D eigenvalue weighted by molar-refractivity contribution is -0.125. The molecule has 0 saturated heterocycles. The summed E-state index contributed by atoms with van der Waals surface area (Å²) in [6.45, 7) is -0.420. The zero-order chi connectivity index (χ0) is 12.1. The Bertz CT molecular complexity index is 369. The smallest absolute Gasteiger partial charge is 0.246 e. The minimum Gasteiger partial charge on any atom is -0.387 e. The summed E-state index contributed by atoms with van der Waals surface area (Å²) in [5, 5.41) is 11.9. The molecule has 0 unspecified atom stereocenters. The third-order valence-corrected chi connectivity index (χ3v) is 3.49. The van der Waals surface area contributed by atoms with Gasteiger partial charge in [-0.25, -0.2) is 0 Å².